The minimum Gasteiger partial charge on any atom is -0.462 e. The van der Waals surface area contributed by atoms with Crippen molar-refractivity contribution in [3.05, 3.63) is 122 Å². The summed E-state index contributed by atoms with van der Waals surface area (Å²) in [5.74, 6) is -0.819. The third kappa shape index (κ3) is 57.7. The van der Waals surface area contributed by atoms with Crippen LogP contribution in [-0.2, 0) is 32.7 Å². The summed E-state index contributed by atoms with van der Waals surface area (Å²) in [4.78, 5) is 35.5. The van der Waals surface area contributed by atoms with Gasteiger partial charge in [-0.05, 0) is 103 Å². The van der Waals surface area contributed by atoms with E-state index in [-0.39, 0.29) is 32.0 Å². The Hall–Kier alpha value is -3.59. The van der Waals surface area contributed by atoms with E-state index in [1.807, 2.05) is 21.1 Å². The van der Waals surface area contributed by atoms with Crippen LogP contribution in [0.15, 0.2) is 122 Å². The summed E-state index contributed by atoms with van der Waals surface area (Å²) in [6.45, 7) is 4.25. The van der Waals surface area contributed by atoms with Gasteiger partial charge in [0.15, 0.2) is 6.10 Å². The van der Waals surface area contributed by atoms with Crippen LogP contribution in [0.2, 0.25) is 0 Å². The first-order chi connectivity index (χ1) is 36.0. The van der Waals surface area contributed by atoms with E-state index < -0.39 is 26.5 Å². The van der Waals surface area contributed by atoms with Crippen LogP contribution in [0.25, 0.3) is 0 Å². The van der Waals surface area contributed by atoms with Crippen molar-refractivity contribution in [2.75, 3.05) is 47.5 Å². The molecule has 1 N–H and O–H groups in total. The van der Waals surface area contributed by atoms with Gasteiger partial charge in [-0.3, -0.25) is 18.6 Å². The fourth-order valence-electron chi connectivity index (χ4n) is 7.46. The summed E-state index contributed by atoms with van der Waals surface area (Å²) in [6.07, 6.45) is 77.1. The van der Waals surface area contributed by atoms with Crippen molar-refractivity contribution in [3.8, 4) is 0 Å². The van der Waals surface area contributed by atoms with E-state index in [9.17, 15) is 19.0 Å². The van der Waals surface area contributed by atoms with Gasteiger partial charge in [0.2, 0.25) is 0 Å². The normalized spacial score (nSPS) is 14.2. The number of esters is 2. The van der Waals surface area contributed by atoms with E-state index in [2.05, 4.69) is 135 Å². The standard InChI is InChI=1S/C64H108NO8P/c1-6-8-10-12-14-16-18-19-20-21-22-23-24-25-26-27-28-29-30-31-32-33-34-35-36-37-38-39-40-41-42-43-44-45-47-49-51-53-55-57-64(67)73-62(61-72-74(68,69)71-59-58-65(3,4)5)60-70-63(66)56-54-52-50-48-46-17-15-13-11-9-7-2/h8,10,13-16,19-20,22-23,25-26,28-29,31-32,34-35,37-38,62H,6-7,9,11-12,17-18,21,24,27,30,33,36,39-61H2,1-5H3/p+1/b10-8-,15-13-,16-14-,20-19-,23-22-,26-25-,29-28-,32-31-,35-34-,38-37-. The van der Waals surface area contributed by atoms with Gasteiger partial charge in [-0.1, -0.05) is 225 Å². The first-order valence-electron chi connectivity index (χ1n) is 29.3. The predicted octanol–water partition coefficient (Wildman–Crippen LogP) is 18.4. The lowest BCUT2D eigenvalue weighted by molar-refractivity contribution is -0.870. The maximum absolute atomic E-state index is 12.8. The van der Waals surface area contributed by atoms with Gasteiger partial charge >= 0.3 is 19.8 Å². The second kappa shape index (κ2) is 54.2. The Bertz CT molecular complexity index is 1660. The molecule has 0 amide bonds. The van der Waals surface area contributed by atoms with Crippen LogP contribution in [-0.4, -0.2) is 74.9 Å². The van der Waals surface area contributed by atoms with E-state index in [4.69, 9.17) is 18.5 Å². The van der Waals surface area contributed by atoms with Gasteiger partial charge in [-0.25, -0.2) is 4.57 Å². The Morgan fingerprint density at radius 2 is 0.770 bits per heavy atom. The zero-order valence-electron chi connectivity index (χ0n) is 47.8. The van der Waals surface area contributed by atoms with E-state index in [1.54, 1.807) is 0 Å². The molecule has 422 valence electrons. The maximum Gasteiger partial charge on any atom is 0.472 e. The number of nitrogens with zero attached hydrogens (tertiary/aromatic N) is 1. The molecular formula is C64H109NO8P+. The quantitative estimate of drug-likeness (QED) is 0.0211. The molecule has 0 aliphatic carbocycles. The van der Waals surface area contributed by atoms with Crippen LogP contribution >= 0.6 is 7.82 Å². The third-order valence-corrected chi connectivity index (χ3v) is 13.0. The number of carbonyl (C=O) groups excluding carboxylic acids is 2. The van der Waals surface area contributed by atoms with Gasteiger partial charge in [-0.2, -0.15) is 0 Å². The van der Waals surface area contributed by atoms with Crippen LogP contribution in [0.5, 0.6) is 0 Å². The highest BCUT2D eigenvalue weighted by Crippen LogP contribution is 2.43. The minimum atomic E-state index is -4.39. The number of likely N-dealkylation sites (N-methyl/N-ethyl adjacent to an activating group) is 1. The first-order valence-corrected chi connectivity index (χ1v) is 30.8. The van der Waals surface area contributed by atoms with Gasteiger partial charge in [0.05, 0.1) is 27.7 Å². The molecule has 0 fully saturated rings. The second-order valence-electron chi connectivity index (χ2n) is 20.3. The Labute approximate surface area is 454 Å². The van der Waals surface area contributed by atoms with E-state index >= 15 is 0 Å². The van der Waals surface area contributed by atoms with Crippen LogP contribution in [0, 0.1) is 0 Å². The number of unbranched alkanes of at least 4 members (excludes halogenated alkanes) is 18. The van der Waals surface area contributed by atoms with Gasteiger partial charge in [0.1, 0.15) is 19.8 Å². The molecule has 0 aliphatic heterocycles. The highest BCUT2D eigenvalue weighted by atomic mass is 31.2. The zero-order valence-corrected chi connectivity index (χ0v) is 48.7. The van der Waals surface area contributed by atoms with Gasteiger partial charge in [-0.15, -0.1) is 0 Å². The Morgan fingerprint density at radius 3 is 1.16 bits per heavy atom. The minimum absolute atomic E-state index is 0.0250. The highest BCUT2D eigenvalue weighted by molar-refractivity contribution is 7.47. The molecule has 74 heavy (non-hydrogen) atoms. The molecule has 0 saturated heterocycles. The largest absolute Gasteiger partial charge is 0.472 e. The van der Waals surface area contributed by atoms with Crippen molar-refractivity contribution >= 4 is 19.8 Å². The first kappa shape index (κ1) is 70.4. The number of hydrogen-bond acceptors (Lipinski definition) is 7. The van der Waals surface area contributed by atoms with Crippen molar-refractivity contribution in [3.63, 3.8) is 0 Å². The molecule has 0 aromatic rings. The summed E-state index contributed by atoms with van der Waals surface area (Å²) < 4.78 is 34.4. The zero-order chi connectivity index (χ0) is 54.2. The fourth-order valence-corrected chi connectivity index (χ4v) is 8.20. The summed E-state index contributed by atoms with van der Waals surface area (Å²) >= 11 is 0. The average molecular weight is 1050 g/mol. The maximum atomic E-state index is 12.8. The van der Waals surface area contributed by atoms with E-state index in [0.29, 0.717) is 17.4 Å². The average Bonchev–Trinajstić information content (AvgIpc) is 3.36. The number of rotatable bonds is 52. The monoisotopic (exact) mass is 1050 g/mol. The summed E-state index contributed by atoms with van der Waals surface area (Å²) in [5.41, 5.74) is 0. The van der Waals surface area contributed by atoms with Crippen LogP contribution < -0.4 is 0 Å². The smallest absolute Gasteiger partial charge is 0.462 e. The molecule has 0 spiro atoms. The second-order valence-corrected chi connectivity index (χ2v) is 21.7. The fraction of sp³-hybridized carbons (Fsp3) is 0.656. The molecule has 0 saturated carbocycles. The molecule has 0 aliphatic rings. The Balaban J connectivity index is 4.05. The molecule has 0 aromatic carbocycles. The molecular weight excluding hydrogens is 942 g/mol. The number of allylic oxidation sites excluding steroid dienone is 20. The van der Waals surface area contributed by atoms with Crippen LogP contribution in [0.3, 0.4) is 0 Å². The van der Waals surface area contributed by atoms with E-state index in [0.717, 1.165) is 128 Å². The van der Waals surface area contributed by atoms with Gasteiger partial charge < -0.3 is 18.9 Å². The van der Waals surface area contributed by atoms with Crippen molar-refractivity contribution in [2.24, 2.45) is 0 Å². The third-order valence-electron chi connectivity index (χ3n) is 12.0. The molecule has 0 bridgehead atoms. The van der Waals surface area contributed by atoms with Crippen molar-refractivity contribution in [1.82, 2.24) is 0 Å². The lowest BCUT2D eigenvalue weighted by Gasteiger charge is -2.24. The van der Waals surface area contributed by atoms with Crippen molar-refractivity contribution in [1.29, 1.82) is 0 Å². The lowest BCUT2D eigenvalue weighted by atomic mass is 10.0. The molecule has 0 radical (unpaired) electrons. The Kier molecular flexibility index (Phi) is 51.6. The molecule has 2 unspecified atom stereocenters. The number of phosphoric ester groups is 1. The van der Waals surface area contributed by atoms with Crippen molar-refractivity contribution in [2.45, 2.75) is 225 Å². The molecule has 0 heterocycles. The Morgan fingerprint density at radius 1 is 0.432 bits per heavy atom. The number of carbonyl (C=O) groups is 2. The van der Waals surface area contributed by atoms with Gasteiger partial charge in [0, 0.05) is 12.8 Å². The highest BCUT2D eigenvalue weighted by Gasteiger charge is 2.27. The number of ether oxygens (including phenoxy) is 2. The molecule has 0 aromatic heterocycles. The number of phosphoric acid groups is 1. The summed E-state index contributed by atoms with van der Waals surface area (Å²) in [5, 5.41) is 0. The number of hydrogen-bond donors (Lipinski definition) is 1. The predicted molar refractivity (Wildman–Crippen MR) is 316 cm³/mol. The summed E-state index contributed by atoms with van der Waals surface area (Å²) in [6, 6.07) is 0. The molecule has 9 nitrogen and oxygen atoms in total. The van der Waals surface area contributed by atoms with Crippen LogP contribution in [0.1, 0.15) is 219 Å². The summed E-state index contributed by atoms with van der Waals surface area (Å²) in [7, 11) is 1.46. The SMILES string of the molecule is CC/C=C\C/C=C\C/C=C\C/C=C\C/C=C\C/C=C\C/C=C\C/C=C\C/C=C\CCCCCCCCCCCCCC(=O)OC(COC(=O)CCCCCCC/C=C\CCCC)COP(=O)(O)OCC[N+](C)(C)C. The molecule has 2 atom stereocenters. The topological polar surface area (TPSA) is 108 Å². The van der Waals surface area contributed by atoms with Gasteiger partial charge in [0.25, 0.3) is 0 Å². The number of quaternary nitrogens is 1. The van der Waals surface area contributed by atoms with Crippen molar-refractivity contribution < 1.29 is 42.1 Å². The molecule has 0 rings (SSSR count). The lowest BCUT2D eigenvalue weighted by Crippen LogP contribution is -2.37. The van der Waals surface area contributed by atoms with Crippen LogP contribution in [0.4, 0.5) is 0 Å². The molecule has 10 heteroatoms. The van der Waals surface area contributed by atoms with E-state index in [1.165, 1.54) is 57.8 Å².